The van der Waals surface area contributed by atoms with Crippen LogP contribution in [-0.4, -0.2) is 47.4 Å². The molecule has 0 aliphatic carbocycles. The lowest BCUT2D eigenvalue weighted by molar-refractivity contribution is 0.0860. The van der Waals surface area contributed by atoms with E-state index in [9.17, 15) is 9.59 Å². The zero-order chi connectivity index (χ0) is 19.7. The molecule has 8 heteroatoms. The van der Waals surface area contributed by atoms with Crippen LogP contribution in [0.2, 0.25) is 0 Å². The Morgan fingerprint density at radius 3 is 3.04 bits per heavy atom. The summed E-state index contributed by atoms with van der Waals surface area (Å²) in [7, 11) is 1.56. The van der Waals surface area contributed by atoms with Crippen molar-refractivity contribution >= 4 is 28.0 Å². The van der Waals surface area contributed by atoms with E-state index in [4.69, 9.17) is 9.47 Å². The lowest BCUT2D eigenvalue weighted by atomic mass is 10.1. The van der Waals surface area contributed by atoms with Crippen molar-refractivity contribution in [1.82, 2.24) is 14.7 Å². The average Bonchev–Trinajstić information content (AvgIpc) is 3.44. The summed E-state index contributed by atoms with van der Waals surface area (Å²) < 4.78 is 12.5. The SMILES string of the molecule is COc1cccc(C(=O)c2cnc3sc(C(=O)NCC4CCCO4)c(C)n23)c1. The van der Waals surface area contributed by atoms with E-state index < -0.39 is 0 Å². The van der Waals surface area contributed by atoms with Gasteiger partial charge in [-0.3, -0.25) is 14.0 Å². The van der Waals surface area contributed by atoms with Crippen molar-refractivity contribution < 1.29 is 19.1 Å². The molecule has 0 radical (unpaired) electrons. The molecule has 0 saturated carbocycles. The Kier molecular flexibility index (Phi) is 5.15. The number of imidazole rings is 1. The zero-order valence-electron chi connectivity index (χ0n) is 15.7. The highest BCUT2D eigenvalue weighted by atomic mass is 32.1. The first-order chi connectivity index (χ1) is 13.6. The Morgan fingerprint density at radius 2 is 2.29 bits per heavy atom. The molecular weight excluding hydrogens is 378 g/mol. The minimum atomic E-state index is -0.168. The van der Waals surface area contributed by atoms with E-state index in [1.54, 1.807) is 42.0 Å². The predicted octanol–water partition coefficient (Wildman–Crippen LogP) is 2.85. The summed E-state index contributed by atoms with van der Waals surface area (Å²) in [6.45, 7) is 3.07. The van der Waals surface area contributed by atoms with Gasteiger partial charge in [0.15, 0.2) is 4.96 Å². The lowest BCUT2D eigenvalue weighted by Gasteiger charge is -2.10. The molecule has 146 valence electrons. The van der Waals surface area contributed by atoms with E-state index in [2.05, 4.69) is 10.3 Å². The number of nitrogens with zero attached hydrogens (tertiary/aromatic N) is 2. The van der Waals surface area contributed by atoms with Gasteiger partial charge in [-0.1, -0.05) is 23.5 Å². The second-order valence-corrected chi connectivity index (χ2v) is 7.66. The first-order valence-corrected chi connectivity index (χ1v) is 9.95. The summed E-state index contributed by atoms with van der Waals surface area (Å²) in [5, 5.41) is 2.93. The van der Waals surface area contributed by atoms with E-state index >= 15 is 0 Å². The van der Waals surface area contributed by atoms with Crippen LogP contribution in [0.15, 0.2) is 30.5 Å². The third-order valence-electron chi connectivity index (χ3n) is 4.87. The monoisotopic (exact) mass is 399 g/mol. The van der Waals surface area contributed by atoms with E-state index in [1.165, 1.54) is 11.3 Å². The molecule has 3 heterocycles. The van der Waals surface area contributed by atoms with Gasteiger partial charge in [0, 0.05) is 24.4 Å². The maximum atomic E-state index is 13.0. The molecule has 1 unspecified atom stereocenters. The molecule has 1 saturated heterocycles. The predicted molar refractivity (Wildman–Crippen MR) is 106 cm³/mol. The molecule has 1 N–H and O–H groups in total. The van der Waals surface area contributed by atoms with Crippen LogP contribution in [0.5, 0.6) is 5.75 Å². The van der Waals surface area contributed by atoms with Gasteiger partial charge in [0.25, 0.3) is 5.91 Å². The van der Waals surface area contributed by atoms with Crippen LogP contribution in [0.25, 0.3) is 4.96 Å². The second kappa shape index (κ2) is 7.73. The van der Waals surface area contributed by atoms with Crippen molar-refractivity contribution in [3.05, 3.63) is 52.3 Å². The first-order valence-electron chi connectivity index (χ1n) is 9.14. The van der Waals surface area contributed by atoms with Gasteiger partial charge in [-0.05, 0) is 31.9 Å². The normalized spacial score (nSPS) is 16.4. The minimum Gasteiger partial charge on any atom is -0.497 e. The third-order valence-corrected chi connectivity index (χ3v) is 6.03. The van der Waals surface area contributed by atoms with Gasteiger partial charge in [-0.2, -0.15) is 0 Å². The van der Waals surface area contributed by atoms with E-state index in [1.807, 2.05) is 6.92 Å². The van der Waals surface area contributed by atoms with E-state index in [0.717, 1.165) is 19.4 Å². The highest BCUT2D eigenvalue weighted by Gasteiger charge is 2.23. The Balaban J connectivity index is 1.60. The van der Waals surface area contributed by atoms with Crippen molar-refractivity contribution in [2.45, 2.75) is 25.9 Å². The first kappa shape index (κ1) is 18.6. The number of aromatic nitrogens is 2. The Morgan fingerprint density at radius 1 is 1.43 bits per heavy atom. The Labute approximate surface area is 166 Å². The van der Waals surface area contributed by atoms with Gasteiger partial charge in [0.2, 0.25) is 5.78 Å². The minimum absolute atomic E-state index is 0.0819. The van der Waals surface area contributed by atoms with Crippen LogP contribution in [-0.2, 0) is 4.74 Å². The summed E-state index contributed by atoms with van der Waals surface area (Å²) in [6, 6.07) is 6.99. The summed E-state index contributed by atoms with van der Waals surface area (Å²) in [5.74, 6) is 0.282. The largest absolute Gasteiger partial charge is 0.497 e. The van der Waals surface area contributed by atoms with Gasteiger partial charge in [-0.15, -0.1) is 0 Å². The van der Waals surface area contributed by atoms with E-state index in [0.29, 0.717) is 39.1 Å². The molecule has 1 fully saturated rings. The summed E-state index contributed by atoms with van der Waals surface area (Å²) in [5.41, 5.74) is 1.64. The molecule has 1 amide bonds. The van der Waals surface area contributed by atoms with Crippen molar-refractivity contribution in [2.24, 2.45) is 0 Å². The van der Waals surface area contributed by atoms with Crippen molar-refractivity contribution in [3.8, 4) is 5.75 Å². The van der Waals surface area contributed by atoms with E-state index in [-0.39, 0.29) is 17.8 Å². The zero-order valence-corrected chi connectivity index (χ0v) is 16.5. The van der Waals surface area contributed by atoms with Crippen molar-refractivity contribution in [1.29, 1.82) is 0 Å². The number of nitrogens with one attached hydrogen (secondary N) is 1. The average molecular weight is 399 g/mol. The number of benzene rings is 1. The number of thiazole rings is 1. The fourth-order valence-electron chi connectivity index (χ4n) is 3.37. The molecule has 1 aromatic carbocycles. The number of hydrogen-bond donors (Lipinski definition) is 1. The highest BCUT2D eigenvalue weighted by Crippen LogP contribution is 2.26. The molecule has 28 heavy (non-hydrogen) atoms. The summed E-state index contributed by atoms with van der Waals surface area (Å²) in [6.07, 6.45) is 3.63. The topological polar surface area (TPSA) is 81.9 Å². The number of methoxy groups -OCH3 is 1. The maximum Gasteiger partial charge on any atom is 0.263 e. The van der Waals surface area contributed by atoms with Gasteiger partial charge in [0.05, 0.1) is 19.4 Å². The Bertz CT molecular complexity index is 1030. The molecule has 1 aliphatic rings. The number of ether oxygens (including phenoxy) is 2. The summed E-state index contributed by atoms with van der Waals surface area (Å²) in [4.78, 5) is 31.1. The lowest BCUT2D eigenvalue weighted by Crippen LogP contribution is -2.31. The third kappa shape index (κ3) is 3.41. The quantitative estimate of drug-likeness (QED) is 0.645. The number of ketones is 1. The highest BCUT2D eigenvalue weighted by molar-refractivity contribution is 7.19. The van der Waals surface area contributed by atoms with Crippen LogP contribution >= 0.6 is 11.3 Å². The van der Waals surface area contributed by atoms with Gasteiger partial charge < -0.3 is 14.8 Å². The molecular formula is C20H21N3O4S. The number of amides is 1. The molecule has 0 spiro atoms. The van der Waals surface area contributed by atoms with Crippen LogP contribution in [0, 0.1) is 6.92 Å². The van der Waals surface area contributed by atoms with Crippen molar-refractivity contribution in [2.75, 3.05) is 20.3 Å². The van der Waals surface area contributed by atoms with Crippen LogP contribution < -0.4 is 10.1 Å². The van der Waals surface area contributed by atoms with Gasteiger partial charge in [0.1, 0.15) is 16.3 Å². The second-order valence-electron chi connectivity index (χ2n) is 6.68. The molecule has 1 aliphatic heterocycles. The molecule has 7 nitrogen and oxygen atoms in total. The Hall–Kier alpha value is -2.71. The number of carbonyl (C=O) groups excluding carboxylic acids is 2. The molecule has 3 aromatic rings. The number of rotatable bonds is 6. The molecule has 4 rings (SSSR count). The summed E-state index contributed by atoms with van der Waals surface area (Å²) >= 11 is 1.28. The molecule has 0 bridgehead atoms. The number of hydrogen-bond acceptors (Lipinski definition) is 6. The van der Waals surface area contributed by atoms with Crippen LogP contribution in [0.4, 0.5) is 0 Å². The number of fused-ring (bicyclic) bond motifs is 1. The van der Waals surface area contributed by atoms with Crippen LogP contribution in [0.1, 0.15) is 44.3 Å². The standard InChI is InChI=1S/C20H21N3O4S/c1-12-18(19(25)21-10-15-7-4-8-27-15)28-20-22-11-16(23(12)20)17(24)13-5-3-6-14(9-13)26-2/h3,5-6,9,11,15H,4,7-8,10H2,1-2H3,(H,21,25). The van der Waals surface area contributed by atoms with Crippen molar-refractivity contribution in [3.63, 3.8) is 0 Å². The molecule has 1 atom stereocenters. The number of carbonyl (C=O) groups is 2. The molecule has 2 aromatic heterocycles. The maximum absolute atomic E-state index is 13.0. The smallest absolute Gasteiger partial charge is 0.263 e. The van der Waals surface area contributed by atoms with Crippen LogP contribution in [0.3, 0.4) is 0 Å². The van der Waals surface area contributed by atoms with Gasteiger partial charge in [-0.25, -0.2) is 4.98 Å². The van der Waals surface area contributed by atoms with Gasteiger partial charge >= 0.3 is 0 Å². The fraction of sp³-hybridized carbons (Fsp3) is 0.350. The number of aryl methyl sites for hydroxylation is 1. The fourth-order valence-corrected chi connectivity index (χ4v) is 4.39.